The summed E-state index contributed by atoms with van der Waals surface area (Å²) in [4.78, 5) is 3.92. The van der Waals surface area contributed by atoms with E-state index in [1.807, 2.05) is 36.4 Å². The van der Waals surface area contributed by atoms with Crippen LogP contribution >= 0.6 is 0 Å². The van der Waals surface area contributed by atoms with Gasteiger partial charge in [-0.15, -0.1) is 0 Å². The van der Waals surface area contributed by atoms with Crippen LogP contribution in [-0.2, 0) is 4.74 Å². The standard InChI is InChI=1S/C16H18N2O/c1-18-15(17)12-19-16(13-8-4-2-5-9-13)14-10-6-3-7-11-14/h2-11,16H,12H2,1H3,(H2,17,18). The van der Waals surface area contributed by atoms with Gasteiger partial charge in [-0.2, -0.15) is 0 Å². The molecule has 0 saturated carbocycles. The molecular weight excluding hydrogens is 236 g/mol. The summed E-state index contributed by atoms with van der Waals surface area (Å²) in [6.07, 6.45) is -0.123. The second kappa shape index (κ2) is 6.71. The van der Waals surface area contributed by atoms with Gasteiger partial charge < -0.3 is 10.5 Å². The smallest absolute Gasteiger partial charge is 0.120 e. The first kappa shape index (κ1) is 13.3. The fraction of sp³-hybridized carbons (Fsp3) is 0.188. The molecule has 3 heteroatoms. The first-order chi connectivity index (χ1) is 9.31. The zero-order chi connectivity index (χ0) is 13.5. The minimum atomic E-state index is -0.123. The molecule has 2 rings (SSSR count). The Morgan fingerprint density at radius 1 is 1.00 bits per heavy atom. The second-order valence-electron chi connectivity index (χ2n) is 4.23. The summed E-state index contributed by atoms with van der Waals surface area (Å²) in [6.45, 7) is 0.324. The van der Waals surface area contributed by atoms with Gasteiger partial charge in [0.25, 0.3) is 0 Å². The van der Waals surface area contributed by atoms with Gasteiger partial charge in [-0.3, -0.25) is 4.99 Å². The number of benzene rings is 2. The van der Waals surface area contributed by atoms with Crippen LogP contribution in [-0.4, -0.2) is 19.5 Å². The molecule has 0 heterocycles. The summed E-state index contributed by atoms with van der Waals surface area (Å²) in [5.74, 6) is 0.497. The molecule has 0 radical (unpaired) electrons. The minimum absolute atomic E-state index is 0.123. The quantitative estimate of drug-likeness (QED) is 0.659. The number of rotatable bonds is 5. The fourth-order valence-corrected chi connectivity index (χ4v) is 1.87. The van der Waals surface area contributed by atoms with Crippen molar-refractivity contribution in [2.75, 3.05) is 13.7 Å². The van der Waals surface area contributed by atoms with Crippen molar-refractivity contribution < 1.29 is 4.74 Å². The van der Waals surface area contributed by atoms with E-state index in [4.69, 9.17) is 10.5 Å². The zero-order valence-electron chi connectivity index (χ0n) is 11.0. The van der Waals surface area contributed by atoms with E-state index in [9.17, 15) is 0 Å². The predicted molar refractivity (Wildman–Crippen MR) is 78.2 cm³/mol. The number of hydrogen-bond acceptors (Lipinski definition) is 2. The Hall–Kier alpha value is -2.13. The van der Waals surface area contributed by atoms with Crippen LogP contribution in [0.1, 0.15) is 17.2 Å². The van der Waals surface area contributed by atoms with E-state index in [1.54, 1.807) is 7.05 Å². The number of ether oxygens (including phenoxy) is 1. The molecule has 0 saturated heterocycles. The van der Waals surface area contributed by atoms with Gasteiger partial charge in [-0.05, 0) is 11.1 Å². The SMILES string of the molecule is CN=C(N)COC(c1ccccc1)c1ccccc1. The van der Waals surface area contributed by atoms with Gasteiger partial charge >= 0.3 is 0 Å². The molecule has 0 amide bonds. The molecule has 0 atom stereocenters. The van der Waals surface area contributed by atoms with Gasteiger partial charge in [-0.25, -0.2) is 0 Å². The van der Waals surface area contributed by atoms with E-state index < -0.39 is 0 Å². The Kier molecular flexibility index (Phi) is 4.70. The highest BCUT2D eigenvalue weighted by molar-refractivity contribution is 5.81. The molecule has 0 aliphatic heterocycles. The lowest BCUT2D eigenvalue weighted by atomic mass is 10.0. The largest absolute Gasteiger partial charge is 0.386 e. The average Bonchev–Trinajstić information content (AvgIpc) is 2.49. The van der Waals surface area contributed by atoms with Gasteiger partial charge in [0.2, 0.25) is 0 Å². The van der Waals surface area contributed by atoms with Gasteiger partial charge in [0.05, 0.1) is 0 Å². The molecule has 2 aromatic carbocycles. The van der Waals surface area contributed by atoms with E-state index in [0.717, 1.165) is 11.1 Å². The summed E-state index contributed by atoms with van der Waals surface area (Å²) >= 11 is 0. The van der Waals surface area contributed by atoms with Gasteiger partial charge in [0.1, 0.15) is 18.5 Å². The van der Waals surface area contributed by atoms with Gasteiger partial charge in [-0.1, -0.05) is 60.7 Å². The highest BCUT2D eigenvalue weighted by Crippen LogP contribution is 2.25. The number of amidine groups is 1. The number of aliphatic imine (C=N–C) groups is 1. The lowest BCUT2D eigenvalue weighted by molar-refractivity contribution is 0.112. The van der Waals surface area contributed by atoms with Crippen molar-refractivity contribution in [2.24, 2.45) is 10.7 Å². The van der Waals surface area contributed by atoms with Crippen LogP contribution < -0.4 is 5.73 Å². The van der Waals surface area contributed by atoms with E-state index >= 15 is 0 Å². The Bertz CT molecular complexity index is 483. The van der Waals surface area contributed by atoms with Crippen molar-refractivity contribution >= 4 is 5.84 Å². The molecule has 0 fully saturated rings. The fourth-order valence-electron chi connectivity index (χ4n) is 1.87. The van der Waals surface area contributed by atoms with Gasteiger partial charge in [0.15, 0.2) is 0 Å². The molecule has 0 aliphatic rings. The molecule has 19 heavy (non-hydrogen) atoms. The van der Waals surface area contributed by atoms with Crippen LogP contribution in [0.25, 0.3) is 0 Å². The van der Waals surface area contributed by atoms with E-state index in [1.165, 1.54) is 0 Å². The predicted octanol–water partition coefficient (Wildman–Crippen LogP) is 2.78. The molecule has 3 nitrogen and oxygen atoms in total. The van der Waals surface area contributed by atoms with Gasteiger partial charge in [0, 0.05) is 7.05 Å². The second-order valence-corrected chi connectivity index (χ2v) is 4.23. The Labute approximate surface area is 113 Å². The summed E-state index contributed by atoms with van der Waals surface area (Å²) in [5, 5.41) is 0. The lowest BCUT2D eigenvalue weighted by Gasteiger charge is -2.18. The Morgan fingerprint density at radius 2 is 1.47 bits per heavy atom. The first-order valence-electron chi connectivity index (χ1n) is 6.24. The monoisotopic (exact) mass is 254 g/mol. The maximum Gasteiger partial charge on any atom is 0.120 e. The third kappa shape index (κ3) is 3.66. The molecule has 0 spiro atoms. The number of nitrogens with zero attached hydrogens (tertiary/aromatic N) is 1. The first-order valence-corrected chi connectivity index (χ1v) is 6.24. The molecule has 0 bridgehead atoms. The Morgan fingerprint density at radius 3 is 1.89 bits per heavy atom. The summed E-state index contributed by atoms with van der Waals surface area (Å²) in [6, 6.07) is 20.2. The average molecular weight is 254 g/mol. The molecular formula is C16H18N2O. The van der Waals surface area contributed by atoms with E-state index in [-0.39, 0.29) is 6.10 Å². The maximum atomic E-state index is 5.91. The van der Waals surface area contributed by atoms with Crippen molar-refractivity contribution in [3.8, 4) is 0 Å². The maximum absolute atomic E-state index is 5.91. The van der Waals surface area contributed by atoms with Crippen molar-refractivity contribution in [3.05, 3.63) is 71.8 Å². The van der Waals surface area contributed by atoms with Crippen LogP contribution in [0, 0.1) is 0 Å². The number of nitrogens with two attached hydrogens (primary N) is 1. The van der Waals surface area contributed by atoms with Crippen LogP contribution in [0.2, 0.25) is 0 Å². The van der Waals surface area contributed by atoms with Crippen molar-refractivity contribution in [1.82, 2.24) is 0 Å². The molecule has 0 aromatic heterocycles. The molecule has 2 N–H and O–H groups in total. The number of hydrogen-bond donors (Lipinski definition) is 1. The summed E-state index contributed by atoms with van der Waals surface area (Å²) in [7, 11) is 1.67. The topological polar surface area (TPSA) is 47.6 Å². The van der Waals surface area contributed by atoms with Crippen LogP contribution in [0.5, 0.6) is 0 Å². The molecule has 98 valence electrons. The van der Waals surface area contributed by atoms with Crippen LogP contribution in [0.15, 0.2) is 65.7 Å². The normalized spacial score (nSPS) is 11.8. The Balaban J connectivity index is 2.24. The van der Waals surface area contributed by atoms with Crippen molar-refractivity contribution in [3.63, 3.8) is 0 Å². The van der Waals surface area contributed by atoms with E-state index in [2.05, 4.69) is 29.3 Å². The highest BCUT2D eigenvalue weighted by atomic mass is 16.5. The highest BCUT2D eigenvalue weighted by Gasteiger charge is 2.14. The van der Waals surface area contributed by atoms with Crippen molar-refractivity contribution in [2.45, 2.75) is 6.10 Å². The summed E-state index contributed by atoms with van der Waals surface area (Å²) in [5.41, 5.74) is 7.92. The van der Waals surface area contributed by atoms with Crippen LogP contribution in [0.4, 0.5) is 0 Å². The van der Waals surface area contributed by atoms with Crippen LogP contribution in [0.3, 0.4) is 0 Å². The molecule has 0 unspecified atom stereocenters. The third-order valence-corrected chi connectivity index (χ3v) is 2.89. The summed E-state index contributed by atoms with van der Waals surface area (Å²) < 4.78 is 5.91. The third-order valence-electron chi connectivity index (χ3n) is 2.89. The molecule has 2 aromatic rings. The zero-order valence-corrected chi connectivity index (χ0v) is 11.0. The van der Waals surface area contributed by atoms with Crippen molar-refractivity contribution in [1.29, 1.82) is 0 Å². The molecule has 0 aliphatic carbocycles. The lowest BCUT2D eigenvalue weighted by Crippen LogP contribution is -2.21. The minimum Gasteiger partial charge on any atom is -0.386 e. The van der Waals surface area contributed by atoms with E-state index in [0.29, 0.717) is 12.4 Å².